The molecular formula is C15H21ClO4. The Morgan fingerprint density at radius 2 is 1.95 bits per heavy atom. The second kappa shape index (κ2) is 10.5. The lowest BCUT2D eigenvalue weighted by Crippen LogP contribution is -2.10. The molecule has 0 amide bonds. The highest BCUT2D eigenvalue weighted by molar-refractivity contribution is 6.30. The molecule has 1 aromatic carbocycles. The molecule has 112 valence electrons. The highest BCUT2D eigenvalue weighted by Crippen LogP contribution is 2.17. The summed E-state index contributed by atoms with van der Waals surface area (Å²) in [6.45, 7) is 3.81. The molecular weight excluding hydrogens is 280 g/mol. The first kappa shape index (κ1) is 16.8. The lowest BCUT2D eigenvalue weighted by atomic mass is 10.3. The number of benzene rings is 1. The summed E-state index contributed by atoms with van der Waals surface area (Å²) in [5.41, 5.74) is 0. The first-order valence-corrected chi connectivity index (χ1v) is 7.22. The van der Waals surface area contributed by atoms with Gasteiger partial charge < -0.3 is 14.2 Å². The van der Waals surface area contributed by atoms with E-state index in [1.165, 1.54) is 0 Å². The fraction of sp³-hybridized carbons (Fsp3) is 0.533. The third-order valence-corrected chi connectivity index (χ3v) is 2.76. The summed E-state index contributed by atoms with van der Waals surface area (Å²) >= 11 is 5.85. The van der Waals surface area contributed by atoms with Gasteiger partial charge in [-0.25, -0.2) is 0 Å². The smallest absolute Gasteiger partial charge is 0.305 e. The Hall–Kier alpha value is -1.26. The van der Waals surface area contributed by atoms with Crippen LogP contribution in [0.15, 0.2) is 24.3 Å². The number of hydrogen-bond donors (Lipinski definition) is 0. The van der Waals surface area contributed by atoms with Crippen molar-refractivity contribution in [1.82, 2.24) is 0 Å². The number of hydrogen-bond acceptors (Lipinski definition) is 4. The van der Waals surface area contributed by atoms with E-state index in [0.717, 1.165) is 18.6 Å². The van der Waals surface area contributed by atoms with Gasteiger partial charge in [0.25, 0.3) is 0 Å². The molecule has 0 aliphatic heterocycles. The van der Waals surface area contributed by atoms with Crippen molar-refractivity contribution in [2.45, 2.75) is 26.2 Å². The number of halogens is 1. The van der Waals surface area contributed by atoms with Gasteiger partial charge in [0.1, 0.15) is 12.4 Å². The zero-order valence-electron chi connectivity index (χ0n) is 11.8. The van der Waals surface area contributed by atoms with Gasteiger partial charge in [0.2, 0.25) is 0 Å². The fourth-order valence-electron chi connectivity index (χ4n) is 1.47. The van der Waals surface area contributed by atoms with Gasteiger partial charge >= 0.3 is 5.97 Å². The molecule has 5 heteroatoms. The van der Waals surface area contributed by atoms with E-state index < -0.39 is 0 Å². The maximum atomic E-state index is 10.8. The second-order valence-electron chi connectivity index (χ2n) is 4.20. The van der Waals surface area contributed by atoms with Crippen molar-refractivity contribution >= 4 is 17.6 Å². The Morgan fingerprint density at radius 3 is 2.70 bits per heavy atom. The Balaban J connectivity index is 1.91. The maximum Gasteiger partial charge on any atom is 0.305 e. The minimum atomic E-state index is -0.191. The number of carbonyl (C=O) groups is 1. The van der Waals surface area contributed by atoms with Gasteiger partial charge in [0.15, 0.2) is 0 Å². The third-order valence-electron chi connectivity index (χ3n) is 2.53. The summed E-state index contributed by atoms with van der Waals surface area (Å²) < 4.78 is 15.8. The molecule has 0 bridgehead atoms. The predicted molar refractivity (Wildman–Crippen MR) is 78.3 cm³/mol. The van der Waals surface area contributed by atoms with Crippen molar-refractivity contribution in [1.29, 1.82) is 0 Å². The van der Waals surface area contributed by atoms with Crippen LogP contribution in [0.4, 0.5) is 0 Å². The molecule has 0 spiro atoms. The van der Waals surface area contributed by atoms with E-state index in [1.807, 2.05) is 18.2 Å². The van der Waals surface area contributed by atoms with E-state index in [0.29, 0.717) is 37.9 Å². The lowest BCUT2D eigenvalue weighted by Gasteiger charge is -2.07. The van der Waals surface area contributed by atoms with Gasteiger partial charge in [-0.1, -0.05) is 24.6 Å². The summed E-state index contributed by atoms with van der Waals surface area (Å²) in [5, 5.41) is 0.674. The van der Waals surface area contributed by atoms with Crippen LogP contribution in [-0.4, -0.2) is 32.4 Å². The minimum Gasteiger partial charge on any atom is -0.494 e. The summed E-state index contributed by atoms with van der Waals surface area (Å²) in [6, 6.07) is 7.34. The molecule has 0 N–H and O–H groups in total. The summed E-state index contributed by atoms with van der Waals surface area (Å²) in [7, 11) is 0. The SMILES string of the molecule is CCC(=O)OCCOCCCCOc1cccc(Cl)c1. The number of esters is 1. The molecule has 0 fully saturated rings. The van der Waals surface area contributed by atoms with Gasteiger partial charge in [0, 0.05) is 18.1 Å². The monoisotopic (exact) mass is 300 g/mol. The minimum absolute atomic E-state index is 0.191. The van der Waals surface area contributed by atoms with Crippen LogP contribution in [0.25, 0.3) is 0 Å². The van der Waals surface area contributed by atoms with E-state index in [2.05, 4.69) is 0 Å². The molecule has 0 aliphatic rings. The fourth-order valence-corrected chi connectivity index (χ4v) is 1.65. The first-order chi connectivity index (χ1) is 9.72. The van der Waals surface area contributed by atoms with E-state index in [-0.39, 0.29) is 5.97 Å². The van der Waals surface area contributed by atoms with Crippen LogP contribution in [0, 0.1) is 0 Å². The van der Waals surface area contributed by atoms with Crippen molar-refractivity contribution in [2.75, 3.05) is 26.4 Å². The average molecular weight is 301 g/mol. The Bertz CT molecular complexity index is 395. The molecule has 0 radical (unpaired) electrons. The molecule has 20 heavy (non-hydrogen) atoms. The molecule has 0 saturated heterocycles. The lowest BCUT2D eigenvalue weighted by molar-refractivity contribution is -0.144. The number of carbonyl (C=O) groups excluding carboxylic acids is 1. The standard InChI is InChI=1S/C15H21ClO4/c1-2-15(17)20-11-10-18-8-3-4-9-19-14-7-5-6-13(16)12-14/h5-7,12H,2-4,8-11H2,1H3. The van der Waals surface area contributed by atoms with Crippen molar-refractivity contribution in [3.05, 3.63) is 29.3 Å². The zero-order valence-corrected chi connectivity index (χ0v) is 12.5. The molecule has 0 heterocycles. The van der Waals surface area contributed by atoms with Crippen molar-refractivity contribution < 1.29 is 19.0 Å². The molecule has 1 rings (SSSR count). The molecule has 0 aliphatic carbocycles. The molecule has 0 unspecified atom stereocenters. The Morgan fingerprint density at radius 1 is 1.15 bits per heavy atom. The first-order valence-electron chi connectivity index (χ1n) is 6.84. The van der Waals surface area contributed by atoms with Gasteiger partial charge in [-0.2, -0.15) is 0 Å². The van der Waals surface area contributed by atoms with E-state index in [1.54, 1.807) is 13.0 Å². The normalized spacial score (nSPS) is 10.3. The van der Waals surface area contributed by atoms with Crippen LogP contribution in [-0.2, 0) is 14.3 Å². The van der Waals surface area contributed by atoms with Gasteiger partial charge in [-0.3, -0.25) is 4.79 Å². The van der Waals surface area contributed by atoms with Crippen molar-refractivity contribution in [3.8, 4) is 5.75 Å². The summed E-state index contributed by atoms with van der Waals surface area (Å²) in [5.74, 6) is 0.591. The van der Waals surface area contributed by atoms with Crippen LogP contribution in [0.3, 0.4) is 0 Å². The highest BCUT2D eigenvalue weighted by Gasteiger charge is 1.98. The largest absolute Gasteiger partial charge is 0.494 e. The van der Waals surface area contributed by atoms with Crippen LogP contribution in [0.5, 0.6) is 5.75 Å². The van der Waals surface area contributed by atoms with Crippen molar-refractivity contribution in [2.24, 2.45) is 0 Å². The Kier molecular flexibility index (Phi) is 8.83. The second-order valence-corrected chi connectivity index (χ2v) is 4.64. The molecule has 0 atom stereocenters. The Labute approximate surface area is 125 Å². The number of ether oxygens (including phenoxy) is 3. The molecule has 0 aromatic heterocycles. The average Bonchev–Trinajstić information content (AvgIpc) is 2.45. The number of rotatable bonds is 10. The van der Waals surface area contributed by atoms with Crippen LogP contribution < -0.4 is 4.74 Å². The molecule has 4 nitrogen and oxygen atoms in total. The zero-order chi connectivity index (χ0) is 14.6. The van der Waals surface area contributed by atoms with Crippen LogP contribution in [0.2, 0.25) is 5.02 Å². The van der Waals surface area contributed by atoms with Gasteiger partial charge in [-0.05, 0) is 31.0 Å². The maximum absolute atomic E-state index is 10.8. The van der Waals surface area contributed by atoms with Gasteiger partial charge in [0.05, 0.1) is 13.2 Å². The summed E-state index contributed by atoms with van der Waals surface area (Å²) in [6.07, 6.45) is 2.21. The quantitative estimate of drug-likeness (QED) is 0.490. The van der Waals surface area contributed by atoms with E-state index in [9.17, 15) is 4.79 Å². The predicted octanol–water partition coefficient (Wildman–Crippen LogP) is 3.47. The van der Waals surface area contributed by atoms with Crippen molar-refractivity contribution in [3.63, 3.8) is 0 Å². The summed E-state index contributed by atoms with van der Waals surface area (Å²) in [4.78, 5) is 10.8. The van der Waals surface area contributed by atoms with E-state index >= 15 is 0 Å². The molecule has 0 saturated carbocycles. The number of unbranched alkanes of at least 4 members (excludes halogenated alkanes) is 1. The van der Waals surface area contributed by atoms with Crippen LogP contribution in [0.1, 0.15) is 26.2 Å². The van der Waals surface area contributed by atoms with Gasteiger partial charge in [-0.15, -0.1) is 0 Å². The third kappa shape index (κ3) is 8.02. The van der Waals surface area contributed by atoms with Crippen LogP contribution >= 0.6 is 11.6 Å². The highest BCUT2D eigenvalue weighted by atomic mass is 35.5. The molecule has 1 aromatic rings. The topological polar surface area (TPSA) is 44.8 Å². The van der Waals surface area contributed by atoms with E-state index in [4.69, 9.17) is 25.8 Å².